The summed E-state index contributed by atoms with van der Waals surface area (Å²) in [5, 5.41) is 6.70. The van der Waals surface area contributed by atoms with E-state index in [2.05, 4.69) is 15.1 Å². The van der Waals surface area contributed by atoms with Gasteiger partial charge in [-0.05, 0) is 20.3 Å². The molecule has 0 amide bonds. The van der Waals surface area contributed by atoms with E-state index in [0.717, 1.165) is 11.4 Å². The van der Waals surface area contributed by atoms with Gasteiger partial charge in [0.05, 0.1) is 6.04 Å². The second kappa shape index (κ2) is 5.36. The van der Waals surface area contributed by atoms with Gasteiger partial charge in [0.1, 0.15) is 16.3 Å². The lowest BCUT2D eigenvalue weighted by Crippen LogP contribution is -2.24. The van der Waals surface area contributed by atoms with Crippen molar-refractivity contribution in [3.05, 3.63) is 16.2 Å². The van der Waals surface area contributed by atoms with Crippen LogP contribution in [-0.2, 0) is 10.3 Å². The molecule has 104 valence electrons. The lowest BCUT2D eigenvalue weighted by atomic mass is 10.0. The van der Waals surface area contributed by atoms with Crippen LogP contribution >= 0.6 is 11.3 Å². The first-order valence-electron chi connectivity index (χ1n) is 6.11. The highest BCUT2D eigenvalue weighted by Crippen LogP contribution is 2.29. The summed E-state index contributed by atoms with van der Waals surface area (Å²) in [5.74, 6) is 0.928. The SMILES string of the molecule is CCC(C)(OC)c1noc(-c2csc(C(C)N)n2)n1. The molecule has 0 aliphatic rings. The largest absolute Gasteiger partial charge is 0.370 e. The third-order valence-corrected chi connectivity index (χ3v) is 4.20. The zero-order valence-electron chi connectivity index (χ0n) is 11.5. The number of methoxy groups -OCH3 is 1. The Kier molecular flexibility index (Phi) is 3.98. The van der Waals surface area contributed by atoms with Crippen LogP contribution in [-0.4, -0.2) is 22.2 Å². The first-order chi connectivity index (χ1) is 9.00. The normalized spacial score (nSPS) is 16.3. The first kappa shape index (κ1) is 14.1. The fourth-order valence-corrected chi connectivity index (χ4v) is 2.28. The smallest absolute Gasteiger partial charge is 0.277 e. The number of thiazole rings is 1. The van der Waals surface area contributed by atoms with Crippen LogP contribution in [0.4, 0.5) is 0 Å². The number of ether oxygens (including phenoxy) is 1. The topological polar surface area (TPSA) is 87.1 Å². The average molecular weight is 282 g/mol. The minimum Gasteiger partial charge on any atom is -0.370 e. The highest BCUT2D eigenvalue weighted by molar-refractivity contribution is 7.10. The Morgan fingerprint density at radius 1 is 1.53 bits per heavy atom. The summed E-state index contributed by atoms with van der Waals surface area (Å²) in [6, 6.07) is -0.0963. The van der Waals surface area contributed by atoms with E-state index in [-0.39, 0.29) is 6.04 Å². The Bertz CT molecular complexity index is 545. The van der Waals surface area contributed by atoms with Gasteiger partial charge in [-0.2, -0.15) is 4.98 Å². The van der Waals surface area contributed by atoms with E-state index in [4.69, 9.17) is 15.0 Å². The Morgan fingerprint density at radius 3 is 2.79 bits per heavy atom. The molecule has 2 heterocycles. The molecular formula is C12H18N4O2S. The van der Waals surface area contributed by atoms with Gasteiger partial charge in [0.25, 0.3) is 5.89 Å². The molecule has 0 saturated carbocycles. The summed E-state index contributed by atoms with van der Waals surface area (Å²) in [4.78, 5) is 8.75. The van der Waals surface area contributed by atoms with Crippen molar-refractivity contribution in [2.24, 2.45) is 5.73 Å². The number of rotatable bonds is 5. The predicted molar refractivity (Wildman–Crippen MR) is 72.7 cm³/mol. The molecule has 2 N–H and O–H groups in total. The molecule has 6 nitrogen and oxygen atoms in total. The number of hydrogen-bond donors (Lipinski definition) is 1. The van der Waals surface area contributed by atoms with Crippen LogP contribution in [0.1, 0.15) is 44.1 Å². The second-order valence-corrected chi connectivity index (χ2v) is 5.46. The molecular weight excluding hydrogens is 264 g/mol. The lowest BCUT2D eigenvalue weighted by molar-refractivity contribution is -0.0106. The van der Waals surface area contributed by atoms with Crippen LogP contribution in [0, 0.1) is 0 Å². The molecule has 0 radical (unpaired) electrons. The molecule has 0 saturated heterocycles. The van der Waals surface area contributed by atoms with Gasteiger partial charge in [0.15, 0.2) is 0 Å². The monoisotopic (exact) mass is 282 g/mol. The highest BCUT2D eigenvalue weighted by atomic mass is 32.1. The summed E-state index contributed by atoms with van der Waals surface area (Å²) >= 11 is 1.49. The Balaban J connectivity index is 2.30. The fourth-order valence-electron chi connectivity index (χ4n) is 1.53. The van der Waals surface area contributed by atoms with Crippen molar-refractivity contribution in [3.8, 4) is 11.6 Å². The van der Waals surface area contributed by atoms with Gasteiger partial charge in [-0.25, -0.2) is 4.98 Å². The maximum absolute atomic E-state index is 5.78. The zero-order valence-corrected chi connectivity index (χ0v) is 12.3. The Morgan fingerprint density at radius 2 is 2.26 bits per heavy atom. The van der Waals surface area contributed by atoms with Gasteiger partial charge in [0.2, 0.25) is 5.82 Å². The van der Waals surface area contributed by atoms with Crippen molar-refractivity contribution >= 4 is 11.3 Å². The Labute approximate surface area is 116 Å². The highest BCUT2D eigenvalue weighted by Gasteiger charge is 2.30. The number of aromatic nitrogens is 3. The maximum atomic E-state index is 5.78. The summed E-state index contributed by atoms with van der Waals surface area (Å²) in [6.45, 7) is 5.83. The fraction of sp³-hybridized carbons (Fsp3) is 0.583. The minimum atomic E-state index is -0.540. The third-order valence-electron chi connectivity index (χ3n) is 3.15. The van der Waals surface area contributed by atoms with Crippen molar-refractivity contribution in [1.29, 1.82) is 0 Å². The summed E-state index contributed by atoms with van der Waals surface area (Å²) in [6.07, 6.45) is 0.755. The van der Waals surface area contributed by atoms with Crippen molar-refractivity contribution in [2.45, 2.75) is 38.8 Å². The van der Waals surface area contributed by atoms with E-state index in [1.54, 1.807) is 7.11 Å². The molecule has 0 aliphatic carbocycles. The van der Waals surface area contributed by atoms with E-state index < -0.39 is 5.60 Å². The lowest BCUT2D eigenvalue weighted by Gasteiger charge is -2.21. The zero-order chi connectivity index (χ0) is 14.0. The molecule has 2 atom stereocenters. The minimum absolute atomic E-state index is 0.0963. The number of nitrogens with two attached hydrogens (primary N) is 1. The molecule has 2 aromatic heterocycles. The average Bonchev–Trinajstić information content (AvgIpc) is 3.05. The molecule has 0 spiro atoms. The van der Waals surface area contributed by atoms with Crippen molar-refractivity contribution in [3.63, 3.8) is 0 Å². The van der Waals surface area contributed by atoms with E-state index in [1.807, 2.05) is 26.2 Å². The molecule has 0 fully saturated rings. The van der Waals surface area contributed by atoms with Gasteiger partial charge in [-0.1, -0.05) is 12.1 Å². The van der Waals surface area contributed by atoms with Crippen molar-refractivity contribution in [2.75, 3.05) is 7.11 Å². The molecule has 0 aliphatic heterocycles. The molecule has 0 aromatic carbocycles. The summed E-state index contributed by atoms with van der Waals surface area (Å²) < 4.78 is 10.7. The van der Waals surface area contributed by atoms with Crippen LogP contribution in [0.15, 0.2) is 9.90 Å². The molecule has 2 unspecified atom stereocenters. The molecule has 7 heteroatoms. The van der Waals surface area contributed by atoms with Crippen LogP contribution in [0.2, 0.25) is 0 Å². The van der Waals surface area contributed by atoms with Crippen LogP contribution in [0.5, 0.6) is 0 Å². The standard InChI is InChI=1S/C12H18N4O2S/c1-5-12(3,17-4)11-15-9(18-16-11)8-6-19-10(14-8)7(2)13/h6-7H,5,13H2,1-4H3. The predicted octanol–water partition coefficient (Wildman–Crippen LogP) is 2.48. The van der Waals surface area contributed by atoms with Crippen LogP contribution in [0.25, 0.3) is 11.6 Å². The molecule has 2 rings (SSSR count). The number of hydrogen-bond acceptors (Lipinski definition) is 7. The second-order valence-electron chi connectivity index (χ2n) is 4.57. The molecule has 0 bridgehead atoms. The van der Waals surface area contributed by atoms with E-state index in [0.29, 0.717) is 17.4 Å². The van der Waals surface area contributed by atoms with Crippen molar-refractivity contribution in [1.82, 2.24) is 15.1 Å². The summed E-state index contributed by atoms with van der Waals surface area (Å²) in [7, 11) is 1.64. The van der Waals surface area contributed by atoms with Crippen LogP contribution in [0.3, 0.4) is 0 Å². The van der Waals surface area contributed by atoms with E-state index in [1.165, 1.54) is 11.3 Å². The summed E-state index contributed by atoms with van der Waals surface area (Å²) in [5.41, 5.74) is 5.90. The Hall–Kier alpha value is -1.31. The first-order valence-corrected chi connectivity index (χ1v) is 6.99. The quantitative estimate of drug-likeness (QED) is 0.906. The number of nitrogens with zero attached hydrogens (tertiary/aromatic N) is 3. The van der Waals surface area contributed by atoms with Gasteiger partial charge in [-0.15, -0.1) is 11.3 Å². The third kappa shape index (κ3) is 2.68. The van der Waals surface area contributed by atoms with Gasteiger partial charge < -0.3 is 15.0 Å². The van der Waals surface area contributed by atoms with E-state index >= 15 is 0 Å². The van der Waals surface area contributed by atoms with Gasteiger partial charge >= 0.3 is 0 Å². The molecule has 19 heavy (non-hydrogen) atoms. The maximum Gasteiger partial charge on any atom is 0.277 e. The molecule has 2 aromatic rings. The van der Waals surface area contributed by atoms with Crippen LogP contribution < -0.4 is 5.73 Å². The van der Waals surface area contributed by atoms with Gasteiger partial charge in [-0.3, -0.25) is 0 Å². The van der Waals surface area contributed by atoms with Crippen molar-refractivity contribution < 1.29 is 9.26 Å². The van der Waals surface area contributed by atoms with Gasteiger partial charge in [0, 0.05) is 12.5 Å². The van der Waals surface area contributed by atoms with E-state index in [9.17, 15) is 0 Å².